The van der Waals surface area contributed by atoms with Gasteiger partial charge in [-0.1, -0.05) is 11.6 Å². The number of anilines is 3. The minimum absolute atomic E-state index is 0.00980. The van der Waals surface area contributed by atoms with E-state index in [1.165, 1.54) is 100 Å². The molecule has 1 aromatic heterocycles. The number of benzene rings is 3. The third kappa shape index (κ3) is 7.25. The maximum Gasteiger partial charge on any atom is 0.265 e. The van der Waals surface area contributed by atoms with Crippen molar-refractivity contribution < 1.29 is 35.8 Å². The van der Waals surface area contributed by atoms with Crippen LogP contribution in [-0.2, 0) is 24.8 Å². The van der Waals surface area contributed by atoms with Gasteiger partial charge in [-0.3, -0.25) is 9.10 Å². The summed E-state index contributed by atoms with van der Waals surface area (Å²) in [6, 6.07) is 15.1. The van der Waals surface area contributed by atoms with Gasteiger partial charge in [-0.15, -0.1) is 0 Å². The molecule has 0 fully saturated rings. The molecule has 43 heavy (non-hydrogen) atoms. The average Bonchev–Trinajstić information content (AvgIpc) is 3.00. The van der Waals surface area contributed by atoms with Crippen LogP contribution in [0.4, 0.5) is 17.3 Å². The van der Waals surface area contributed by atoms with Gasteiger partial charge in [0.15, 0.2) is 11.5 Å². The highest BCUT2D eigenvalue weighted by Crippen LogP contribution is 2.37. The monoisotopic (exact) mass is 647 g/mol. The Kier molecular flexibility index (Phi) is 9.58. The number of halogens is 1. The summed E-state index contributed by atoms with van der Waals surface area (Å²) in [5.41, 5.74) is 0.219. The number of sulfonamides is 2. The molecule has 16 heteroatoms. The molecule has 0 atom stereocenters. The van der Waals surface area contributed by atoms with E-state index < -0.39 is 32.5 Å². The van der Waals surface area contributed by atoms with Crippen molar-refractivity contribution >= 4 is 54.9 Å². The molecule has 4 rings (SSSR count). The topological polar surface area (TPSA) is 166 Å². The minimum Gasteiger partial charge on any atom is -0.495 e. The summed E-state index contributed by atoms with van der Waals surface area (Å²) in [4.78, 5) is 20.6. The van der Waals surface area contributed by atoms with E-state index in [1.807, 2.05) is 0 Å². The number of nitrogens with one attached hydrogen (secondary N) is 2. The van der Waals surface area contributed by atoms with Crippen molar-refractivity contribution in [1.82, 2.24) is 9.97 Å². The molecule has 0 saturated carbocycles. The number of methoxy groups -OCH3 is 3. The molecule has 0 spiro atoms. The van der Waals surface area contributed by atoms with E-state index in [-0.39, 0.29) is 43.6 Å². The second-order valence-electron chi connectivity index (χ2n) is 8.60. The molecule has 4 aromatic rings. The summed E-state index contributed by atoms with van der Waals surface area (Å²) < 4.78 is 72.1. The van der Waals surface area contributed by atoms with Crippen molar-refractivity contribution in [2.75, 3.05) is 42.2 Å². The van der Waals surface area contributed by atoms with Crippen LogP contribution < -0.4 is 28.6 Å². The zero-order valence-electron chi connectivity index (χ0n) is 23.0. The van der Waals surface area contributed by atoms with Crippen LogP contribution in [0, 0.1) is 0 Å². The van der Waals surface area contributed by atoms with Crippen LogP contribution in [0.1, 0.15) is 0 Å². The highest BCUT2D eigenvalue weighted by Gasteiger charge is 2.31. The molecule has 0 aliphatic heterocycles. The Balaban J connectivity index is 1.62. The van der Waals surface area contributed by atoms with Gasteiger partial charge in [0, 0.05) is 29.2 Å². The van der Waals surface area contributed by atoms with Crippen LogP contribution in [0.15, 0.2) is 88.9 Å². The Morgan fingerprint density at radius 1 is 0.814 bits per heavy atom. The standard InChI is InChI=1S/C27H26ClN5O8S2/c1-39-23-11-5-18(28)15-22(23)33(43(37,38)21-10-12-24(40-2)25(16-21)41-3)17-26(34)31-19-6-8-20(9-7-19)42(35,36)32-27-29-13-4-14-30-27/h4-16H,17H2,1-3H3,(H,31,34)(H,29,30,32). The first-order chi connectivity index (χ1) is 20.5. The lowest BCUT2D eigenvalue weighted by Crippen LogP contribution is -2.38. The number of ether oxygens (including phenoxy) is 3. The first-order valence-electron chi connectivity index (χ1n) is 12.3. The van der Waals surface area contributed by atoms with Gasteiger partial charge in [-0.25, -0.2) is 31.5 Å². The number of amides is 1. The SMILES string of the molecule is COc1ccc(S(=O)(=O)N(CC(=O)Nc2ccc(S(=O)(=O)Nc3ncccn3)cc2)c2cc(Cl)ccc2OC)cc1OC. The molecular weight excluding hydrogens is 622 g/mol. The van der Waals surface area contributed by atoms with Gasteiger partial charge in [0.1, 0.15) is 12.3 Å². The van der Waals surface area contributed by atoms with Crippen LogP contribution in [0.5, 0.6) is 17.2 Å². The summed E-state index contributed by atoms with van der Waals surface area (Å²) in [5, 5.41) is 2.79. The largest absolute Gasteiger partial charge is 0.495 e. The number of hydrogen-bond acceptors (Lipinski definition) is 10. The lowest BCUT2D eigenvalue weighted by Gasteiger charge is -2.26. The van der Waals surface area contributed by atoms with Gasteiger partial charge in [-0.2, -0.15) is 0 Å². The van der Waals surface area contributed by atoms with Crippen molar-refractivity contribution in [3.05, 3.63) is 84.1 Å². The third-order valence-electron chi connectivity index (χ3n) is 5.88. The first-order valence-corrected chi connectivity index (χ1v) is 15.6. The van der Waals surface area contributed by atoms with Gasteiger partial charge < -0.3 is 19.5 Å². The number of carbonyl (C=O) groups excluding carboxylic acids is 1. The Hall–Kier alpha value is -4.60. The summed E-state index contributed by atoms with van der Waals surface area (Å²) in [7, 11) is -4.29. The van der Waals surface area contributed by atoms with E-state index in [0.717, 1.165) is 4.31 Å². The highest BCUT2D eigenvalue weighted by atomic mass is 35.5. The minimum atomic E-state index is -4.41. The lowest BCUT2D eigenvalue weighted by molar-refractivity contribution is -0.114. The van der Waals surface area contributed by atoms with Crippen molar-refractivity contribution in [2.24, 2.45) is 0 Å². The number of nitrogens with zero attached hydrogens (tertiary/aromatic N) is 3. The molecule has 1 heterocycles. The van der Waals surface area contributed by atoms with Crippen molar-refractivity contribution in [2.45, 2.75) is 9.79 Å². The molecule has 13 nitrogen and oxygen atoms in total. The molecule has 0 unspecified atom stereocenters. The molecule has 0 radical (unpaired) electrons. The molecule has 226 valence electrons. The van der Waals surface area contributed by atoms with Crippen LogP contribution in [0.25, 0.3) is 0 Å². The lowest BCUT2D eigenvalue weighted by atomic mass is 10.3. The van der Waals surface area contributed by atoms with E-state index in [4.69, 9.17) is 25.8 Å². The number of hydrogen-bond donors (Lipinski definition) is 2. The fourth-order valence-electron chi connectivity index (χ4n) is 3.84. The van der Waals surface area contributed by atoms with Crippen molar-refractivity contribution in [1.29, 1.82) is 0 Å². The van der Waals surface area contributed by atoms with E-state index >= 15 is 0 Å². The number of aromatic nitrogens is 2. The van der Waals surface area contributed by atoms with Crippen LogP contribution in [-0.4, -0.2) is 60.6 Å². The highest BCUT2D eigenvalue weighted by molar-refractivity contribution is 7.93. The maximum atomic E-state index is 13.9. The average molecular weight is 648 g/mol. The predicted molar refractivity (Wildman–Crippen MR) is 160 cm³/mol. The summed E-state index contributed by atoms with van der Waals surface area (Å²) in [5.74, 6) is -0.229. The van der Waals surface area contributed by atoms with Crippen LogP contribution in [0.3, 0.4) is 0 Å². The smallest absolute Gasteiger partial charge is 0.265 e. The first kappa shape index (κ1) is 31.3. The van der Waals surface area contributed by atoms with Gasteiger partial charge >= 0.3 is 0 Å². The quantitative estimate of drug-likeness (QED) is 0.231. The second-order valence-corrected chi connectivity index (χ2v) is 12.6. The summed E-state index contributed by atoms with van der Waals surface area (Å²) in [6.45, 7) is -0.694. The van der Waals surface area contributed by atoms with Crippen LogP contribution >= 0.6 is 11.6 Å². The van der Waals surface area contributed by atoms with E-state index in [9.17, 15) is 21.6 Å². The summed E-state index contributed by atoms with van der Waals surface area (Å²) in [6.07, 6.45) is 2.77. The van der Waals surface area contributed by atoms with Crippen molar-refractivity contribution in [3.63, 3.8) is 0 Å². The molecule has 0 saturated heterocycles. The van der Waals surface area contributed by atoms with E-state index in [2.05, 4.69) is 20.0 Å². The second kappa shape index (κ2) is 13.1. The van der Waals surface area contributed by atoms with Gasteiger partial charge in [0.2, 0.25) is 11.9 Å². The Labute approximate surface area is 253 Å². The number of rotatable bonds is 12. The molecule has 0 aliphatic rings. The molecule has 0 aliphatic carbocycles. The zero-order chi connectivity index (χ0) is 31.2. The molecule has 3 aromatic carbocycles. The Morgan fingerprint density at radius 2 is 1.42 bits per heavy atom. The van der Waals surface area contributed by atoms with E-state index in [1.54, 1.807) is 0 Å². The Bertz CT molecular complexity index is 1820. The maximum absolute atomic E-state index is 13.9. The molecule has 1 amide bonds. The zero-order valence-corrected chi connectivity index (χ0v) is 25.4. The van der Waals surface area contributed by atoms with Gasteiger partial charge in [0.25, 0.3) is 20.0 Å². The Morgan fingerprint density at radius 3 is 2.05 bits per heavy atom. The van der Waals surface area contributed by atoms with Gasteiger partial charge in [0.05, 0.1) is 36.8 Å². The molecule has 2 N–H and O–H groups in total. The molecule has 0 bridgehead atoms. The van der Waals surface area contributed by atoms with Crippen molar-refractivity contribution in [3.8, 4) is 17.2 Å². The normalized spacial score (nSPS) is 11.3. The molecular formula is C27H26ClN5O8S2. The number of carbonyl (C=O) groups is 1. The third-order valence-corrected chi connectivity index (χ3v) is 9.21. The van der Waals surface area contributed by atoms with Gasteiger partial charge in [-0.05, 0) is 60.7 Å². The van der Waals surface area contributed by atoms with E-state index in [0.29, 0.717) is 5.75 Å². The van der Waals surface area contributed by atoms with Crippen LogP contribution in [0.2, 0.25) is 5.02 Å². The fraction of sp³-hybridized carbons (Fsp3) is 0.148. The summed E-state index contributed by atoms with van der Waals surface area (Å²) >= 11 is 6.19. The fourth-order valence-corrected chi connectivity index (χ4v) is 6.40. The predicted octanol–water partition coefficient (Wildman–Crippen LogP) is 3.79.